The molecule has 1 aliphatic rings. The van der Waals surface area contributed by atoms with Gasteiger partial charge < -0.3 is 4.90 Å². The monoisotopic (exact) mass is 349 g/mol. The average Bonchev–Trinajstić information content (AvgIpc) is 2.53. The van der Waals surface area contributed by atoms with E-state index in [4.69, 9.17) is 11.6 Å². The van der Waals surface area contributed by atoms with E-state index in [1.54, 1.807) is 18.3 Å². The predicted octanol–water partition coefficient (Wildman–Crippen LogP) is 3.57. The summed E-state index contributed by atoms with van der Waals surface area (Å²) in [6.45, 7) is 6.45. The second-order valence-electron chi connectivity index (χ2n) is 6.78. The molecule has 0 aliphatic carbocycles. The molecule has 128 valence electrons. The Hall–Kier alpha value is -1.88. The van der Waals surface area contributed by atoms with Gasteiger partial charge in [-0.15, -0.1) is 0 Å². The number of rotatable bonds is 3. The molecule has 2 atom stereocenters. The molecule has 0 radical (unpaired) electrons. The van der Waals surface area contributed by atoms with Gasteiger partial charge in [-0.05, 0) is 36.0 Å². The second kappa shape index (κ2) is 6.93. The van der Waals surface area contributed by atoms with E-state index in [-0.39, 0.29) is 22.9 Å². The van der Waals surface area contributed by atoms with E-state index in [1.165, 1.54) is 23.2 Å². The standard InChI is InChI=1S/C18H21ClFN3O/c1-12-7-13(2)10-22(9-12)16-8-21-23(18(24)17(16)19)11-14-3-5-15(20)6-4-14/h3-6,8,12-13H,7,9-11H2,1-2H3. The minimum atomic E-state index is -0.315. The number of piperidine rings is 1. The first-order chi connectivity index (χ1) is 11.4. The van der Waals surface area contributed by atoms with E-state index < -0.39 is 0 Å². The molecule has 2 heterocycles. The summed E-state index contributed by atoms with van der Waals surface area (Å²) in [7, 11) is 0. The maximum Gasteiger partial charge on any atom is 0.287 e. The number of anilines is 1. The highest BCUT2D eigenvalue weighted by molar-refractivity contribution is 6.33. The average molecular weight is 350 g/mol. The van der Waals surface area contributed by atoms with Gasteiger partial charge in [0.25, 0.3) is 5.56 Å². The molecule has 3 rings (SSSR count). The number of hydrogen-bond acceptors (Lipinski definition) is 3. The highest BCUT2D eigenvalue weighted by Gasteiger charge is 2.25. The highest BCUT2D eigenvalue weighted by atomic mass is 35.5. The Bertz CT molecular complexity index is 765. The minimum Gasteiger partial charge on any atom is -0.368 e. The molecule has 1 aromatic carbocycles. The van der Waals surface area contributed by atoms with Crippen molar-refractivity contribution in [3.8, 4) is 0 Å². The van der Waals surface area contributed by atoms with E-state index in [1.807, 2.05) is 0 Å². The van der Waals surface area contributed by atoms with Crippen molar-refractivity contribution in [2.75, 3.05) is 18.0 Å². The van der Waals surface area contributed by atoms with Gasteiger partial charge in [0.1, 0.15) is 10.8 Å². The molecule has 6 heteroatoms. The fourth-order valence-corrected chi connectivity index (χ4v) is 3.68. The lowest BCUT2D eigenvalue weighted by Crippen LogP contribution is -2.40. The van der Waals surface area contributed by atoms with Crippen molar-refractivity contribution in [2.45, 2.75) is 26.8 Å². The molecule has 1 saturated heterocycles. The van der Waals surface area contributed by atoms with E-state index >= 15 is 0 Å². The van der Waals surface area contributed by atoms with Crippen molar-refractivity contribution in [1.82, 2.24) is 9.78 Å². The third kappa shape index (κ3) is 3.61. The maximum atomic E-state index is 13.0. The quantitative estimate of drug-likeness (QED) is 0.850. The van der Waals surface area contributed by atoms with Crippen molar-refractivity contribution in [2.24, 2.45) is 11.8 Å². The van der Waals surface area contributed by atoms with Crippen LogP contribution in [0.5, 0.6) is 0 Å². The fourth-order valence-electron chi connectivity index (χ4n) is 3.41. The van der Waals surface area contributed by atoms with Gasteiger partial charge in [-0.2, -0.15) is 5.10 Å². The first kappa shape index (κ1) is 17.0. The number of benzene rings is 1. The van der Waals surface area contributed by atoms with Crippen molar-refractivity contribution in [3.63, 3.8) is 0 Å². The molecule has 0 amide bonds. The van der Waals surface area contributed by atoms with Crippen molar-refractivity contribution < 1.29 is 4.39 Å². The third-order valence-corrected chi connectivity index (χ3v) is 4.78. The van der Waals surface area contributed by atoms with Crippen LogP contribution in [0.3, 0.4) is 0 Å². The zero-order valence-electron chi connectivity index (χ0n) is 13.9. The lowest BCUT2D eigenvalue weighted by Gasteiger charge is -2.36. The van der Waals surface area contributed by atoms with E-state index in [0.29, 0.717) is 17.5 Å². The third-order valence-electron chi connectivity index (χ3n) is 4.42. The molecular weight excluding hydrogens is 329 g/mol. The molecule has 0 spiro atoms. The molecule has 4 nitrogen and oxygen atoms in total. The molecule has 0 saturated carbocycles. The summed E-state index contributed by atoms with van der Waals surface area (Å²) in [5.41, 5.74) is 1.19. The fraction of sp³-hybridized carbons (Fsp3) is 0.444. The van der Waals surface area contributed by atoms with Crippen LogP contribution in [0, 0.1) is 17.7 Å². The van der Waals surface area contributed by atoms with Crippen LogP contribution in [0.25, 0.3) is 0 Å². The largest absolute Gasteiger partial charge is 0.368 e. The molecule has 0 bridgehead atoms. The summed E-state index contributed by atoms with van der Waals surface area (Å²) >= 11 is 6.34. The predicted molar refractivity (Wildman–Crippen MR) is 94.2 cm³/mol. The summed E-state index contributed by atoms with van der Waals surface area (Å²) in [6, 6.07) is 6.01. The first-order valence-corrected chi connectivity index (χ1v) is 8.57. The van der Waals surface area contributed by atoms with E-state index in [0.717, 1.165) is 18.7 Å². The molecule has 1 aliphatic heterocycles. The van der Waals surface area contributed by atoms with Crippen molar-refractivity contribution in [3.05, 3.63) is 57.2 Å². The van der Waals surface area contributed by atoms with Crippen LogP contribution in [0.1, 0.15) is 25.8 Å². The van der Waals surface area contributed by atoms with Crippen LogP contribution >= 0.6 is 11.6 Å². The SMILES string of the molecule is CC1CC(C)CN(c2cnn(Cc3ccc(F)cc3)c(=O)c2Cl)C1. The lowest BCUT2D eigenvalue weighted by atomic mass is 9.92. The number of hydrogen-bond donors (Lipinski definition) is 0. The first-order valence-electron chi connectivity index (χ1n) is 8.19. The van der Waals surface area contributed by atoms with Gasteiger partial charge in [0.05, 0.1) is 18.4 Å². The van der Waals surface area contributed by atoms with Gasteiger partial charge in [-0.1, -0.05) is 37.6 Å². The number of aromatic nitrogens is 2. The Morgan fingerprint density at radius 3 is 2.46 bits per heavy atom. The van der Waals surface area contributed by atoms with Gasteiger partial charge in [0, 0.05) is 13.1 Å². The maximum absolute atomic E-state index is 13.0. The Labute approximate surface area is 145 Å². The van der Waals surface area contributed by atoms with Crippen molar-refractivity contribution >= 4 is 17.3 Å². The van der Waals surface area contributed by atoms with Crippen LogP contribution in [-0.4, -0.2) is 22.9 Å². The lowest BCUT2D eigenvalue weighted by molar-refractivity contribution is 0.356. The number of nitrogens with zero attached hydrogens (tertiary/aromatic N) is 3. The van der Waals surface area contributed by atoms with Gasteiger partial charge >= 0.3 is 0 Å². The van der Waals surface area contributed by atoms with Gasteiger partial charge in [0.2, 0.25) is 0 Å². The summed E-state index contributed by atoms with van der Waals surface area (Å²) in [5.74, 6) is 0.818. The minimum absolute atomic E-state index is 0.202. The molecule has 2 unspecified atom stereocenters. The molecule has 1 aromatic heterocycles. The Kier molecular flexibility index (Phi) is 4.90. The van der Waals surface area contributed by atoms with Crippen LogP contribution in [0.15, 0.2) is 35.3 Å². The summed E-state index contributed by atoms with van der Waals surface area (Å²) in [6.07, 6.45) is 2.85. The molecule has 2 aromatic rings. The normalized spacial score (nSPS) is 21.1. The van der Waals surface area contributed by atoms with Gasteiger partial charge in [-0.3, -0.25) is 4.79 Å². The summed E-state index contributed by atoms with van der Waals surface area (Å²) in [5, 5.41) is 4.47. The second-order valence-corrected chi connectivity index (χ2v) is 7.16. The summed E-state index contributed by atoms with van der Waals surface area (Å²) in [4.78, 5) is 14.7. The summed E-state index contributed by atoms with van der Waals surface area (Å²) < 4.78 is 14.3. The Morgan fingerprint density at radius 2 is 1.83 bits per heavy atom. The smallest absolute Gasteiger partial charge is 0.287 e. The number of halogens is 2. The van der Waals surface area contributed by atoms with Crippen LogP contribution in [-0.2, 0) is 6.54 Å². The van der Waals surface area contributed by atoms with Gasteiger partial charge in [-0.25, -0.2) is 9.07 Å². The van der Waals surface area contributed by atoms with E-state index in [2.05, 4.69) is 23.8 Å². The Balaban J connectivity index is 1.86. The Morgan fingerprint density at radius 1 is 1.21 bits per heavy atom. The van der Waals surface area contributed by atoms with Crippen LogP contribution < -0.4 is 10.5 Å². The van der Waals surface area contributed by atoms with Crippen LogP contribution in [0.4, 0.5) is 10.1 Å². The van der Waals surface area contributed by atoms with E-state index in [9.17, 15) is 9.18 Å². The topological polar surface area (TPSA) is 38.1 Å². The van der Waals surface area contributed by atoms with Crippen molar-refractivity contribution in [1.29, 1.82) is 0 Å². The zero-order chi connectivity index (χ0) is 17.3. The highest BCUT2D eigenvalue weighted by Crippen LogP contribution is 2.29. The molecule has 1 fully saturated rings. The molecular formula is C18H21ClFN3O. The molecule has 24 heavy (non-hydrogen) atoms. The molecule has 0 N–H and O–H groups in total. The zero-order valence-corrected chi connectivity index (χ0v) is 14.6. The van der Waals surface area contributed by atoms with Crippen LogP contribution in [0.2, 0.25) is 5.02 Å². The van der Waals surface area contributed by atoms with Gasteiger partial charge in [0.15, 0.2) is 0 Å².